The number of benzene rings is 1. The predicted molar refractivity (Wildman–Crippen MR) is 75.8 cm³/mol. The Morgan fingerprint density at radius 2 is 2.12 bits per heavy atom. The van der Waals surface area contributed by atoms with E-state index in [-0.39, 0.29) is 5.91 Å². The van der Waals surface area contributed by atoms with Crippen molar-refractivity contribution in [3.8, 4) is 0 Å². The fourth-order valence-electron chi connectivity index (χ4n) is 1.72. The molecule has 1 aromatic rings. The first-order chi connectivity index (χ1) is 7.91. The maximum absolute atomic E-state index is 12.1. The van der Waals surface area contributed by atoms with Crippen molar-refractivity contribution in [3.63, 3.8) is 0 Å². The number of amides is 1. The summed E-state index contributed by atoms with van der Waals surface area (Å²) in [6.45, 7) is 1.80. The molecule has 17 heavy (non-hydrogen) atoms. The number of halogens is 2. The van der Waals surface area contributed by atoms with Crippen molar-refractivity contribution in [2.24, 2.45) is 11.7 Å². The van der Waals surface area contributed by atoms with E-state index < -0.39 is 5.54 Å². The van der Waals surface area contributed by atoms with Crippen LogP contribution in [0.5, 0.6) is 0 Å². The minimum Gasteiger partial charge on any atom is -0.323 e. The summed E-state index contributed by atoms with van der Waals surface area (Å²) in [6, 6.07) is 5.64. The third-order valence-corrected chi connectivity index (χ3v) is 4.28. The zero-order chi connectivity index (χ0) is 12.6. The summed E-state index contributed by atoms with van der Waals surface area (Å²) < 4.78 is 1.77. The number of hydrogen-bond donors (Lipinski definition) is 2. The molecule has 1 aliphatic carbocycles. The van der Waals surface area contributed by atoms with Gasteiger partial charge in [-0.3, -0.25) is 4.79 Å². The predicted octanol–water partition coefficient (Wildman–Crippen LogP) is 3.28. The molecule has 0 aromatic heterocycles. The molecule has 92 valence electrons. The van der Waals surface area contributed by atoms with E-state index in [1.807, 2.05) is 18.2 Å². The summed E-state index contributed by atoms with van der Waals surface area (Å²) in [5, 5.41) is 2.87. The molecular formula is C12H14Br2N2O. The van der Waals surface area contributed by atoms with E-state index in [4.69, 9.17) is 5.73 Å². The third kappa shape index (κ3) is 2.89. The van der Waals surface area contributed by atoms with Gasteiger partial charge in [-0.15, -0.1) is 0 Å². The normalized spacial score (nSPS) is 18.6. The molecule has 2 rings (SSSR count). The maximum atomic E-state index is 12.1. The fraction of sp³-hybridized carbons (Fsp3) is 0.417. The van der Waals surface area contributed by atoms with Gasteiger partial charge in [0.2, 0.25) is 5.91 Å². The number of carbonyl (C=O) groups excluding carboxylic acids is 1. The van der Waals surface area contributed by atoms with E-state index >= 15 is 0 Å². The fourth-order valence-corrected chi connectivity index (χ4v) is 2.43. The Hall–Kier alpha value is -0.390. The maximum Gasteiger partial charge on any atom is 0.244 e. The molecular weight excluding hydrogens is 348 g/mol. The largest absolute Gasteiger partial charge is 0.323 e. The first-order valence-corrected chi connectivity index (χ1v) is 7.05. The number of nitrogens with two attached hydrogens (primary N) is 1. The van der Waals surface area contributed by atoms with Crippen molar-refractivity contribution in [2.75, 3.05) is 5.32 Å². The highest BCUT2D eigenvalue weighted by Crippen LogP contribution is 2.39. The third-order valence-electron chi connectivity index (χ3n) is 3.09. The molecule has 0 aliphatic heterocycles. The minimum absolute atomic E-state index is 0.126. The highest BCUT2D eigenvalue weighted by molar-refractivity contribution is 9.11. The van der Waals surface area contributed by atoms with Crippen molar-refractivity contribution in [1.82, 2.24) is 0 Å². The van der Waals surface area contributed by atoms with Crippen LogP contribution in [0.4, 0.5) is 5.69 Å². The van der Waals surface area contributed by atoms with Crippen LogP contribution in [0.3, 0.4) is 0 Å². The van der Waals surface area contributed by atoms with Crippen LogP contribution in [0.25, 0.3) is 0 Å². The SMILES string of the molecule is CC(N)(C(=O)Nc1cc(Br)ccc1Br)C1CC1. The Kier molecular flexibility index (Phi) is 3.61. The molecule has 0 spiro atoms. The molecule has 1 fully saturated rings. The molecule has 0 bridgehead atoms. The first kappa shape index (κ1) is 13.1. The average molecular weight is 362 g/mol. The number of carbonyl (C=O) groups is 1. The second-order valence-electron chi connectivity index (χ2n) is 4.64. The molecule has 1 atom stereocenters. The number of anilines is 1. The van der Waals surface area contributed by atoms with Crippen LogP contribution in [-0.4, -0.2) is 11.4 Å². The standard InChI is InChI=1S/C12H14Br2N2O/c1-12(15,7-2-3-7)11(17)16-10-6-8(13)4-5-9(10)14/h4-7H,2-3,15H2,1H3,(H,16,17). The van der Waals surface area contributed by atoms with Crippen LogP contribution >= 0.6 is 31.9 Å². The first-order valence-electron chi connectivity index (χ1n) is 5.46. The molecule has 3 nitrogen and oxygen atoms in total. The van der Waals surface area contributed by atoms with Crippen molar-refractivity contribution in [1.29, 1.82) is 0 Å². The molecule has 5 heteroatoms. The molecule has 1 amide bonds. The van der Waals surface area contributed by atoms with E-state index in [9.17, 15) is 4.79 Å². The summed E-state index contributed by atoms with van der Waals surface area (Å²) in [5.74, 6) is 0.187. The van der Waals surface area contributed by atoms with Crippen LogP contribution in [0, 0.1) is 5.92 Å². The van der Waals surface area contributed by atoms with E-state index in [2.05, 4.69) is 37.2 Å². The topological polar surface area (TPSA) is 55.1 Å². The van der Waals surface area contributed by atoms with Crippen molar-refractivity contribution in [2.45, 2.75) is 25.3 Å². The lowest BCUT2D eigenvalue weighted by atomic mass is 9.96. The molecule has 1 aromatic carbocycles. The van der Waals surface area contributed by atoms with E-state index in [1.165, 1.54) is 0 Å². The van der Waals surface area contributed by atoms with Gasteiger partial charge in [-0.2, -0.15) is 0 Å². The number of hydrogen-bond acceptors (Lipinski definition) is 2. The Balaban J connectivity index is 2.15. The number of rotatable bonds is 3. The summed E-state index contributed by atoms with van der Waals surface area (Å²) in [6.07, 6.45) is 2.08. The number of nitrogens with one attached hydrogen (secondary N) is 1. The zero-order valence-corrected chi connectivity index (χ0v) is 12.6. The quantitative estimate of drug-likeness (QED) is 0.867. The van der Waals surface area contributed by atoms with Gasteiger partial charge in [0, 0.05) is 8.95 Å². The van der Waals surface area contributed by atoms with Crippen LogP contribution in [0.15, 0.2) is 27.1 Å². The van der Waals surface area contributed by atoms with Gasteiger partial charge in [-0.1, -0.05) is 15.9 Å². The van der Waals surface area contributed by atoms with Crippen LogP contribution in [-0.2, 0) is 4.79 Å². The molecule has 0 radical (unpaired) electrons. The monoisotopic (exact) mass is 360 g/mol. The lowest BCUT2D eigenvalue weighted by Crippen LogP contribution is -2.50. The molecule has 1 unspecified atom stereocenters. The Morgan fingerprint density at radius 3 is 2.71 bits per heavy atom. The van der Waals surface area contributed by atoms with Crippen molar-refractivity contribution >= 4 is 43.5 Å². The zero-order valence-electron chi connectivity index (χ0n) is 9.47. The van der Waals surface area contributed by atoms with Gasteiger partial charge in [0.25, 0.3) is 0 Å². The minimum atomic E-state index is -0.776. The van der Waals surface area contributed by atoms with Crippen LogP contribution in [0.1, 0.15) is 19.8 Å². The summed E-state index contributed by atoms with van der Waals surface area (Å²) in [4.78, 5) is 12.1. The second-order valence-corrected chi connectivity index (χ2v) is 6.41. The van der Waals surface area contributed by atoms with Gasteiger partial charge in [-0.05, 0) is 59.8 Å². The van der Waals surface area contributed by atoms with Gasteiger partial charge in [0.15, 0.2) is 0 Å². The average Bonchev–Trinajstić information content (AvgIpc) is 3.07. The lowest BCUT2D eigenvalue weighted by Gasteiger charge is -2.23. The van der Waals surface area contributed by atoms with Gasteiger partial charge in [0.05, 0.1) is 11.2 Å². The summed E-state index contributed by atoms with van der Waals surface area (Å²) in [5.41, 5.74) is 6.02. The lowest BCUT2D eigenvalue weighted by molar-refractivity contribution is -0.121. The highest BCUT2D eigenvalue weighted by atomic mass is 79.9. The van der Waals surface area contributed by atoms with Gasteiger partial charge >= 0.3 is 0 Å². The Morgan fingerprint density at radius 1 is 1.47 bits per heavy atom. The highest BCUT2D eigenvalue weighted by Gasteiger charge is 2.44. The molecule has 0 heterocycles. The summed E-state index contributed by atoms with van der Waals surface area (Å²) >= 11 is 6.78. The van der Waals surface area contributed by atoms with Gasteiger partial charge in [0.1, 0.15) is 0 Å². The van der Waals surface area contributed by atoms with Gasteiger partial charge in [-0.25, -0.2) is 0 Å². The molecule has 0 saturated heterocycles. The summed E-state index contributed by atoms with van der Waals surface area (Å²) in [7, 11) is 0. The Bertz CT molecular complexity index is 456. The van der Waals surface area contributed by atoms with E-state index in [1.54, 1.807) is 6.92 Å². The smallest absolute Gasteiger partial charge is 0.244 e. The molecule has 1 saturated carbocycles. The van der Waals surface area contributed by atoms with Crippen LogP contribution < -0.4 is 11.1 Å². The molecule has 3 N–H and O–H groups in total. The Labute approximate surface area is 117 Å². The van der Waals surface area contributed by atoms with Crippen molar-refractivity contribution in [3.05, 3.63) is 27.1 Å². The van der Waals surface area contributed by atoms with E-state index in [0.29, 0.717) is 5.92 Å². The van der Waals surface area contributed by atoms with Crippen LogP contribution in [0.2, 0.25) is 0 Å². The van der Waals surface area contributed by atoms with Crippen molar-refractivity contribution < 1.29 is 4.79 Å². The van der Waals surface area contributed by atoms with E-state index in [0.717, 1.165) is 27.5 Å². The second kappa shape index (κ2) is 4.71. The molecule has 1 aliphatic rings. The van der Waals surface area contributed by atoms with Gasteiger partial charge < -0.3 is 11.1 Å².